The fraction of sp³-hybridized carbons (Fsp3) is 0.214. The van der Waals surface area contributed by atoms with E-state index in [0.29, 0.717) is 5.02 Å². The Balaban J connectivity index is 1.83. The van der Waals surface area contributed by atoms with E-state index in [1.807, 2.05) is 30.3 Å². The Labute approximate surface area is 193 Å². The van der Waals surface area contributed by atoms with Gasteiger partial charge in [-0.1, -0.05) is 67.9 Å². The maximum atomic E-state index is 12.7. The fourth-order valence-electron chi connectivity index (χ4n) is 4.51. The lowest BCUT2D eigenvalue weighted by Crippen LogP contribution is -2.22. The summed E-state index contributed by atoms with van der Waals surface area (Å²) in [6.07, 6.45) is 3.18. The zero-order valence-corrected chi connectivity index (χ0v) is 19.1. The molecule has 3 aromatic carbocycles. The first-order valence-corrected chi connectivity index (χ1v) is 11.0. The highest BCUT2D eigenvalue weighted by atomic mass is 35.5. The monoisotopic (exact) mass is 444 g/mol. The molecule has 0 heterocycles. The summed E-state index contributed by atoms with van der Waals surface area (Å²) in [7, 11) is 0. The van der Waals surface area contributed by atoms with Crippen LogP contribution >= 0.6 is 11.6 Å². The predicted octanol–water partition coefficient (Wildman–Crippen LogP) is 6.87. The number of carboxylic acids is 1. The van der Waals surface area contributed by atoms with Crippen molar-refractivity contribution in [1.29, 1.82) is 0 Å². The van der Waals surface area contributed by atoms with Gasteiger partial charge in [0.2, 0.25) is 0 Å². The van der Waals surface area contributed by atoms with Crippen LogP contribution in [0.3, 0.4) is 0 Å². The van der Waals surface area contributed by atoms with Gasteiger partial charge in [-0.2, -0.15) is 0 Å². The van der Waals surface area contributed by atoms with Gasteiger partial charge in [-0.15, -0.1) is 0 Å². The number of carbonyl (C=O) groups excluding carboxylic acids is 1. The lowest BCUT2D eigenvalue weighted by molar-refractivity contribution is -0.117. The van der Waals surface area contributed by atoms with E-state index < -0.39 is 11.9 Å². The van der Waals surface area contributed by atoms with E-state index in [9.17, 15) is 14.7 Å². The molecule has 0 bridgehead atoms. The average Bonchev–Trinajstić information content (AvgIpc) is 2.75. The molecule has 0 saturated heterocycles. The molecule has 32 heavy (non-hydrogen) atoms. The van der Waals surface area contributed by atoms with E-state index in [0.717, 1.165) is 34.2 Å². The number of aromatic carboxylic acids is 1. The predicted molar refractivity (Wildman–Crippen MR) is 129 cm³/mol. The van der Waals surface area contributed by atoms with Gasteiger partial charge in [-0.25, -0.2) is 4.79 Å². The van der Waals surface area contributed by atoms with Gasteiger partial charge >= 0.3 is 5.97 Å². The molecule has 1 atom stereocenters. The minimum absolute atomic E-state index is 0.0140. The first kappa shape index (κ1) is 22.0. The van der Waals surface area contributed by atoms with Crippen LogP contribution in [-0.4, -0.2) is 16.9 Å². The molecule has 0 aromatic heterocycles. The highest BCUT2D eigenvalue weighted by Gasteiger charge is 2.30. The molecule has 0 amide bonds. The molecule has 0 fully saturated rings. The Hall–Kier alpha value is -3.17. The number of carbonyl (C=O) groups is 2. The van der Waals surface area contributed by atoms with Crippen molar-refractivity contribution in [3.05, 3.63) is 111 Å². The average molecular weight is 445 g/mol. The summed E-state index contributed by atoms with van der Waals surface area (Å²) in [6.45, 7) is 6.04. The summed E-state index contributed by atoms with van der Waals surface area (Å²) in [6, 6.07) is 20.7. The molecule has 4 heteroatoms. The van der Waals surface area contributed by atoms with Crippen molar-refractivity contribution in [3.63, 3.8) is 0 Å². The van der Waals surface area contributed by atoms with Crippen molar-refractivity contribution >= 4 is 28.9 Å². The number of hydrogen-bond donors (Lipinski definition) is 1. The van der Waals surface area contributed by atoms with Gasteiger partial charge < -0.3 is 5.11 Å². The smallest absolute Gasteiger partial charge is 0.335 e. The van der Waals surface area contributed by atoms with E-state index >= 15 is 0 Å². The van der Waals surface area contributed by atoms with Gasteiger partial charge in [0, 0.05) is 5.02 Å². The number of carboxylic acid groups (broad SMARTS) is 1. The maximum Gasteiger partial charge on any atom is 0.335 e. The number of ketones is 1. The third-order valence-corrected chi connectivity index (χ3v) is 6.52. The largest absolute Gasteiger partial charge is 0.478 e. The maximum absolute atomic E-state index is 12.7. The second kappa shape index (κ2) is 8.40. The number of fused-ring (bicyclic) bond motifs is 1. The van der Waals surface area contributed by atoms with Crippen LogP contribution in [0.2, 0.25) is 5.02 Å². The summed E-state index contributed by atoms with van der Waals surface area (Å²) in [5.41, 5.74) is 6.47. The molecule has 1 aliphatic rings. The molecule has 1 N–H and O–H groups in total. The van der Waals surface area contributed by atoms with E-state index in [1.165, 1.54) is 5.56 Å². The van der Waals surface area contributed by atoms with Gasteiger partial charge in [0.1, 0.15) is 5.78 Å². The number of halogens is 1. The Morgan fingerprint density at radius 1 is 0.938 bits per heavy atom. The standard InChI is InChI=1S/C28H25ClO3/c1-17(30)26(19-4-6-20(7-5-19)27(31)32)21-10-13-25-24(16-21)23(14-15-28(25,2)3)18-8-11-22(29)12-9-18/h4-14,16,26H,15H2,1-3H3,(H,31,32). The highest BCUT2D eigenvalue weighted by Crippen LogP contribution is 2.43. The molecule has 4 rings (SSSR count). The van der Waals surface area contributed by atoms with E-state index in [4.69, 9.17) is 11.6 Å². The molecular weight excluding hydrogens is 420 g/mol. The Bertz CT molecular complexity index is 1220. The van der Waals surface area contributed by atoms with Crippen molar-refractivity contribution in [3.8, 4) is 0 Å². The zero-order valence-electron chi connectivity index (χ0n) is 18.4. The van der Waals surface area contributed by atoms with Crippen molar-refractivity contribution in [2.24, 2.45) is 0 Å². The first-order chi connectivity index (χ1) is 15.2. The van der Waals surface area contributed by atoms with Gasteiger partial charge in [0.05, 0.1) is 11.5 Å². The zero-order chi connectivity index (χ0) is 23.0. The van der Waals surface area contributed by atoms with Gasteiger partial charge in [-0.05, 0) is 82.5 Å². The van der Waals surface area contributed by atoms with E-state index in [1.54, 1.807) is 31.2 Å². The van der Waals surface area contributed by atoms with E-state index in [2.05, 4.69) is 32.1 Å². The van der Waals surface area contributed by atoms with Crippen LogP contribution in [0.15, 0.2) is 72.8 Å². The summed E-state index contributed by atoms with van der Waals surface area (Å²) < 4.78 is 0. The molecule has 0 spiro atoms. The number of rotatable bonds is 5. The van der Waals surface area contributed by atoms with Crippen LogP contribution in [0.5, 0.6) is 0 Å². The molecular formula is C28H25ClO3. The topological polar surface area (TPSA) is 54.4 Å². The molecule has 1 unspecified atom stereocenters. The number of Topliss-reactive ketones (excluding diaryl/α,β-unsaturated/α-hetero) is 1. The minimum atomic E-state index is -0.982. The van der Waals surface area contributed by atoms with Crippen LogP contribution in [0.4, 0.5) is 0 Å². The molecule has 0 aliphatic heterocycles. The van der Waals surface area contributed by atoms with Crippen LogP contribution in [0, 0.1) is 0 Å². The Morgan fingerprint density at radius 3 is 2.16 bits per heavy atom. The first-order valence-electron chi connectivity index (χ1n) is 10.6. The molecule has 0 radical (unpaired) electrons. The van der Waals surface area contributed by atoms with Gasteiger partial charge in [-0.3, -0.25) is 4.79 Å². The van der Waals surface area contributed by atoms with Crippen LogP contribution in [0.25, 0.3) is 5.57 Å². The van der Waals surface area contributed by atoms with Crippen LogP contribution < -0.4 is 0 Å². The quantitative estimate of drug-likeness (QED) is 0.467. The normalized spacial score (nSPS) is 15.4. The second-order valence-corrected chi connectivity index (χ2v) is 9.42. The van der Waals surface area contributed by atoms with E-state index in [-0.39, 0.29) is 16.8 Å². The molecule has 162 valence electrons. The molecule has 3 nitrogen and oxygen atoms in total. The van der Waals surface area contributed by atoms with Crippen LogP contribution in [0.1, 0.15) is 71.3 Å². The van der Waals surface area contributed by atoms with Crippen LogP contribution in [-0.2, 0) is 10.2 Å². The third kappa shape index (κ3) is 4.13. The Morgan fingerprint density at radius 2 is 1.56 bits per heavy atom. The lowest BCUT2D eigenvalue weighted by atomic mass is 9.71. The Kier molecular flexibility index (Phi) is 5.79. The van der Waals surface area contributed by atoms with Crippen molar-refractivity contribution in [1.82, 2.24) is 0 Å². The molecule has 1 aliphatic carbocycles. The number of allylic oxidation sites excluding steroid dienone is 1. The summed E-state index contributed by atoms with van der Waals surface area (Å²) >= 11 is 6.10. The third-order valence-electron chi connectivity index (χ3n) is 6.27. The highest BCUT2D eigenvalue weighted by molar-refractivity contribution is 6.30. The summed E-state index contributed by atoms with van der Waals surface area (Å²) in [5.74, 6) is -1.43. The summed E-state index contributed by atoms with van der Waals surface area (Å²) in [4.78, 5) is 23.9. The van der Waals surface area contributed by atoms with Crippen molar-refractivity contribution in [2.45, 2.75) is 38.5 Å². The molecule has 3 aromatic rings. The lowest BCUT2D eigenvalue weighted by Gasteiger charge is -2.33. The van der Waals surface area contributed by atoms with Crippen molar-refractivity contribution < 1.29 is 14.7 Å². The fourth-order valence-corrected chi connectivity index (χ4v) is 4.64. The molecule has 0 saturated carbocycles. The minimum Gasteiger partial charge on any atom is -0.478 e. The summed E-state index contributed by atoms with van der Waals surface area (Å²) in [5, 5.41) is 9.89. The number of hydrogen-bond acceptors (Lipinski definition) is 2. The second-order valence-electron chi connectivity index (χ2n) is 8.99. The number of benzene rings is 3. The van der Waals surface area contributed by atoms with Crippen molar-refractivity contribution in [2.75, 3.05) is 0 Å². The SMILES string of the molecule is CC(=O)C(c1ccc(C(=O)O)cc1)c1ccc2c(c1)C(c1ccc(Cl)cc1)=CCC2(C)C. The van der Waals surface area contributed by atoms with Gasteiger partial charge in [0.15, 0.2) is 0 Å². The van der Waals surface area contributed by atoms with Gasteiger partial charge in [0.25, 0.3) is 0 Å².